The molecular formula is C18H19NO3. The molecule has 0 saturated carbocycles. The number of rotatable bonds is 2. The maximum atomic E-state index is 10.7. The van der Waals surface area contributed by atoms with Gasteiger partial charge in [0.15, 0.2) is 11.5 Å². The Balaban J connectivity index is 2.05. The van der Waals surface area contributed by atoms with Gasteiger partial charge in [-0.2, -0.15) is 0 Å². The maximum absolute atomic E-state index is 10.7. The fourth-order valence-corrected chi connectivity index (χ4v) is 3.72. The van der Waals surface area contributed by atoms with Gasteiger partial charge in [0.05, 0.1) is 14.2 Å². The third-order valence-corrected chi connectivity index (χ3v) is 4.75. The van der Waals surface area contributed by atoms with E-state index in [1.165, 1.54) is 16.7 Å². The van der Waals surface area contributed by atoms with Gasteiger partial charge in [-0.05, 0) is 59.8 Å². The number of methoxy groups -OCH3 is 2. The topological polar surface area (TPSA) is 50.7 Å². The van der Waals surface area contributed by atoms with Crippen LogP contribution in [0, 0.1) is 0 Å². The second-order valence-electron chi connectivity index (χ2n) is 5.86. The minimum atomic E-state index is 0.226. The maximum Gasteiger partial charge on any atom is 0.166 e. The molecule has 4 nitrogen and oxygen atoms in total. The van der Waals surface area contributed by atoms with E-state index in [0.29, 0.717) is 5.75 Å². The first-order valence-corrected chi connectivity index (χ1v) is 7.56. The molecule has 2 aliphatic rings. The van der Waals surface area contributed by atoms with Crippen molar-refractivity contribution in [2.75, 3.05) is 20.8 Å². The van der Waals surface area contributed by atoms with Crippen molar-refractivity contribution in [3.05, 3.63) is 41.0 Å². The number of ether oxygens (including phenoxy) is 2. The number of phenolic OH excluding ortho intramolecular Hbond substituents is 1. The van der Waals surface area contributed by atoms with Crippen LogP contribution in [0.25, 0.3) is 11.1 Å². The lowest BCUT2D eigenvalue weighted by Gasteiger charge is -2.35. The molecule has 0 radical (unpaired) electrons. The molecule has 0 aromatic heterocycles. The summed E-state index contributed by atoms with van der Waals surface area (Å²) in [6.45, 7) is 0.955. The van der Waals surface area contributed by atoms with Crippen LogP contribution in [0.4, 0.5) is 0 Å². The lowest BCUT2D eigenvalue weighted by atomic mass is 9.77. The van der Waals surface area contributed by atoms with E-state index >= 15 is 0 Å². The first kappa shape index (κ1) is 13.5. The molecule has 2 aromatic carbocycles. The number of phenols is 1. The van der Waals surface area contributed by atoms with Gasteiger partial charge in [-0.3, -0.25) is 0 Å². The van der Waals surface area contributed by atoms with Crippen LogP contribution in [0.15, 0.2) is 24.3 Å². The fraction of sp³-hybridized carbons (Fsp3) is 0.333. The SMILES string of the molecule is COc1ccc2c(c1)-c1c(O)c(OC)cc3c1C(C2)NCC3. The van der Waals surface area contributed by atoms with Crippen molar-refractivity contribution in [2.24, 2.45) is 0 Å². The van der Waals surface area contributed by atoms with Crippen molar-refractivity contribution in [1.82, 2.24) is 5.32 Å². The summed E-state index contributed by atoms with van der Waals surface area (Å²) in [6, 6.07) is 8.32. The molecule has 1 aliphatic carbocycles. The Morgan fingerprint density at radius 1 is 1.14 bits per heavy atom. The van der Waals surface area contributed by atoms with Crippen molar-refractivity contribution < 1.29 is 14.6 Å². The van der Waals surface area contributed by atoms with Crippen LogP contribution in [-0.4, -0.2) is 25.9 Å². The summed E-state index contributed by atoms with van der Waals surface area (Å²) in [6.07, 6.45) is 1.89. The van der Waals surface area contributed by atoms with E-state index in [1.54, 1.807) is 14.2 Å². The molecule has 1 aliphatic heterocycles. The van der Waals surface area contributed by atoms with Gasteiger partial charge in [0.2, 0.25) is 0 Å². The van der Waals surface area contributed by atoms with Crippen molar-refractivity contribution in [1.29, 1.82) is 0 Å². The molecule has 1 atom stereocenters. The highest BCUT2D eigenvalue weighted by atomic mass is 16.5. The van der Waals surface area contributed by atoms with Gasteiger partial charge in [0, 0.05) is 11.6 Å². The summed E-state index contributed by atoms with van der Waals surface area (Å²) in [4.78, 5) is 0. The number of nitrogens with one attached hydrogen (secondary N) is 1. The van der Waals surface area contributed by atoms with Crippen LogP contribution in [0.3, 0.4) is 0 Å². The molecule has 2 N–H and O–H groups in total. The average molecular weight is 297 g/mol. The molecule has 22 heavy (non-hydrogen) atoms. The summed E-state index contributed by atoms with van der Waals surface area (Å²) >= 11 is 0. The molecule has 4 heteroatoms. The van der Waals surface area contributed by atoms with Gasteiger partial charge in [-0.15, -0.1) is 0 Å². The van der Waals surface area contributed by atoms with E-state index in [4.69, 9.17) is 9.47 Å². The molecule has 1 heterocycles. The molecule has 114 valence electrons. The predicted molar refractivity (Wildman–Crippen MR) is 84.8 cm³/mol. The summed E-state index contributed by atoms with van der Waals surface area (Å²) in [5.41, 5.74) is 5.65. The van der Waals surface area contributed by atoms with Crippen molar-refractivity contribution >= 4 is 0 Å². The summed E-state index contributed by atoms with van der Waals surface area (Å²) < 4.78 is 10.7. The first-order valence-electron chi connectivity index (χ1n) is 7.56. The lowest BCUT2D eigenvalue weighted by Crippen LogP contribution is -2.33. The van der Waals surface area contributed by atoms with Gasteiger partial charge in [0.25, 0.3) is 0 Å². The van der Waals surface area contributed by atoms with E-state index < -0.39 is 0 Å². The van der Waals surface area contributed by atoms with Crippen LogP contribution in [-0.2, 0) is 12.8 Å². The predicted octanol–water partition coefficient (Wildman–Crippen LogP) is 2.82. The molecule has 0 saturated heterocycles. The molecule has 0 spiro atoms. The molecule has 4 rings (SSSR count). The Morgan fingerprint density at radius 2 is 2.00 bits per heavy atom. The highest BCUT2D eigenvalue weighted by Crippen LogP contribution is 2.50. The number of fused-ring (bicyclic) bond motifs is 2. The van der Waals surface area contributed by atoms with Crippen LogP contribution < -0.4 is 14.8 Å². The van der Waals surface area contributed by atoms with Crippen molar-refractivity contribution in [2.45, 2.75) is 18.9 Å². The molecule has 1 unspecified atom stereocenters. The minimum Gasteiger partial charge on any atom is -0.504 e. The van der Waals surface area contributed by atoms with Gasteiger partial charge >= 0.3 is 0 Å². The van der Waals surface area contributed by atoms with Gasteiger partial charge < -0.3 is 19.9 Å². The molecule has 0 fully saturated rings. The first-order chi connectivity index (χ1) is 10.7. The fourth-order valence-electron chi connectivity index (χ4n) is 3.72. The third kappa shape index (κ3) is 1.80. The lowest BCUT2D eigenvalue weighted by molar-refractivity contribution is 0.370. The van der Waals surface area contributed by atoms with E-state index in [1.807, 2.05) is 18.2 Å². The van der Waals surface area contributed by atoms with E-state index in [9.17, 15) is 5.11 Å². The smallest absolute Gasteiger partial charge is 0.166 e. The Kier molecular flexibility index (Phi) is 3.01. The third-order valence-electron chi connectivity index (χ3n) is 4.75. The minimum absolute atomic E-state index is 0.226. The van der Waals surface area contributed by atoms with Gasteiger partial charge in [0.1, 0.15) is 5.75 Å². The van der Waals surface area contributed by atoms with Crippen molar-refractivity contribution in [3.63, 3.8) is 0 Å². The van der Waals surface area contributed by atoms with E-state index in [-0.39, 0.29) is 11.8 Å². The Hall–Kier alpha value is -2.20. The molecule has 0 amide bonds. The summed E-state index contributed by atoms with van der Waals surface area (Å²) in [7, 11) is 3.26. The molecular weight excluding hydrogens is 278 g/mol. The van der Waals surface area contributed by atoms with Crippen LogP contribution in [0.2, 0.25) is 0 Å². The monoisotopic (exact) mass is 297 g/mol. The van der Waals surface area contributed by atoms with Crippen molar-refractivity contribution in [3.8, 4) is 28.4 Å². The Labute approximate surface area is 129 Å². The van der Waals surface area contributed by atoms with Gasteiger partial charge in [-0.25, -0.2) is 0 Å². The highest BCUT2D eigenvalue weighted by molar-refractivity contribution is 5.83. The number of benzene rings is 2. The molecule has 2 aromatic rings. The highest BCUT2D eigenvalue weighted by Gasteiger charge is 2.33. The largest absolute Gasteiger partial charge is 0.504 e. The quantitative estimate of drug-likeness (QED) is 0.895. The number of hydrogen-bond donors (Lipinski definition) is 2. The zero-order valence-electron chi connectivity index (χ0n) is 12.8. The summed E-state index contributed by atoms with van der Waals surface area (Å²) in [5, 5.41) is 14.3. The van der Waals surface area contributed by atoms with Crippen LogP contribution in [0.5, 0.6) is 17.2 Å². The standard InChI is InChI=1S/C18H19NO3/c1-21-12-4-3-10-7-14-16-11(5-6-19-14)8-15(22-2)18(20)17(16)13(10)9-12/h3-4,8-9,14,19-20H,5-7H2,1-2H3. The molecule has 0 bridgehead atoms. The normalized spacial score (nSPS) is 18.4. The Bertz CT molecular complexity index is 754. The summed E-state index contributed by atoms with van der Waals surface area (Å²) in [5.74, 6) is 1.58. The number of aromatic hydroxyl groups is 1. The zero-order valence-corrected chi connectivity index (χ0v) is 12.8. The second kappa shape index (κ2) is 4.92. The van der Waals surface area contributed by atoms with Crippen LogP contribution in [0.1, 0.15) is 22.7 Å². The van der Waals surface area contributed by atoms with E-state index in [0.717, 1.165) is 36.3 Å². The average Bonchev–Trinajstić information content (AvgIpc) is 2.56. The zero-order chi connectivity index (χ0) is 15.3. The Morgan fingerprint density at radius 3 is 2.77 bits per heavy atom. The number of hydrogen-bond acceptors (Lipinski definition) is 4. The second-order valence-corrected chi connectivity index (χ2v) is 5.86. The van der Waals surface area contributed by atoms with E-state index in [2.05, 4.69) is 11.4 Å². The van der Waals surface area contributed by atoms with Gasteiger partial charge in [-0.1, -0.05) is 6.07 Å². The van der Waals surface area contributed by atoms with Crippen LogP contribution >= 0.6 is 0 Å².